The SMILES string of the molecule is NC(=O)c1cc(=O)c2ccc(Br)cc2o1. The van der Waals surface area contributed by atoms with Crippen molar-refractivity contribution in [3.63, 3.8) is 0 Å². The normalized spacial score (nSPS) is 10.5. The van der Waals surface area contributed by atoms with Crippen LogP contribution in [0.2, 0.25) is 0 Å². The Morgan fingerprint density at radius 1 is 1.33 bits per heavy atom. The van der Waals surface area contributed by atoms with E-state index in [4.69, 9.17) is 10.2 Å². The molecule has 0 unspecified atom stereocenters. The minimum absolute atomic E-state index is 0.134. The van der Waals surface area contributed by atoms with Crippen LogP contribution >= 0.6 is 15.9 Å². The van der Waals surface area contributed by atoms with Crippen LogP contribution in [0.5, 0.6) is 0 Å². The number of primary amides is 1. The van der Waals surface area contributed by atoms with Crippen LogP contribution in [-0.2, 0) is 0 Å². The van der Waals surface area contributed by atoms with E-state index in [1.54, 1.807) is 18.2 Å². The Morgan fingerprint density at radius 3 is 2.73 bits per heavy atom. The Bertz CT molecular complexity index is 603. The Kier molecular flexibility index (Phi) is 2.32. The molecule has 0 aliphatic rings. The van der Waals surface area contributed by atoms with Crippen molar-refractivity contribution in [1.82, 2.24) is 0 Å². The fourth-order valence-corrected chi connectivity index (χ4v) is 1.59. The molecule has 0 fully saturated rings. The van der Waals surface area contributed by atoms with Crippen molar-refractivity contribution in [3.05, 3.63) is 44.7 Å². The Balaban J connectivity index is 2.85. The van der Waals surface area contributed by atoms with Gasteiger partial charge in [-0.3, -0.25) is 9.59 Å². The van der Waals surface area contributed by atoms with Gasteiger partial charge in [-0.1, -0.05) is 15.9 Å². The van der Waals surface area contributed by atoms with E-state index in [0.717, 1.165) is 10.5 Å². The van der Waals surface area contributed by atoms with Gasteiger partial charge in [-0.25, -0.2) is 0 Å². The summed E-state index contributed by atoms with van der Waals surface area (Å²) in [7, 11) is 0. The minimum Gasteiger partial charge on any atom is -0.451 e. The third-order valence-electron chi connectivity index (χ3n) is 1.93. The Hall–Kier alpha value is -1.62. The molecule has 0 spiro atoms. The molecule has 1 aromatic heterocycles. The molecule has 0 aliphatic heterocycles. The van der Waals surface area contributed by atoms with Crippen molar-refractivity contribution in [2.75, 3.05) is 0 Å². The van der Waals surface area contributed by atoms with E-state index in [1.165, 1.54) is 0 Å². The molecular formula is C10H6BrNO3. The van der Waals surface area contributed by atoms with E-state index in [0.29, 0.717) is 11.0 Å². The molecule has 1 aromatic carbocycles. The fraction of sp³-hybridized carbons (Fsp3) is 0. The number of amides is 1. The van der Waals surface area contributed by atoms with Gasteiger partial charge in [0.15, 0.2) is 11.2 Å². The molecule has 4 nitrogen and oxygen atoms in total. The van der Waals surface area contributed by atoms with Gasteiger partial charge in [0.2, 0.25) is 0 Å². The summed E-state index contributed by atoms with van der Waals surface area (Å²) in [5, 5.41) is 0.420. The molecule has 2 rings (SSSR count). The van der Waals surface area contributed by atoms with Gasteiger partial charge in [0.25, 0.3) is 5.91 Å². The average Bonchev–Trinajstić information content (AvgIpc) is 2.16. The highest BCUT2D eigenvalue weighted by Crippen LogP contribution is 2.18. The fourth-order valence-electron chi connectivity index (χ4n) is 1.25. The highest BCUT2D eigenvalue weighted by Gasteiger charge is 2.08. The van der Waals surface area contributed by atoms with Crippen LogP contribution in [0.4, 0.5) is 0 Å². The second kappa shape index (κ2) is 3.51. The molecule has 2 N–H and O–H groups in total. The van der Waals surface area contributed by atoms with E-state index in [1.807, 2.05) is 0 Å². The predicted octanol–water partition coefficient (Wildman–Crippen LogP) is 1.65. The lowest BCUT2D eigenvalue weighted by Crippen LogP contribution is -2.14. The molecule has 15 heavy (non-hydrogen) atoms. The van der Waals surface area contributed by atoms with Gasteiger partial charge in [0.05, 0.1) is 5.39 Å². The molecule has 0 saturated carbocycles. The van der Waals surface area contributed by atoms with Crippen LogP contribution < -0.4 is 11.2 Å². The zero-order valence-corrected chi connectivity index (χ0v) is 9.08. The maximum Gasteiger partial charge on any atom is 0.284 e. The lowest BCUT2D eigenvalue weighted by atomic mass is 10.2. The minimum atomic E-state index is -0.756. The van der Waals surface area contributed by atoms with Crippen LogP contribution in [0.3, 0.4) is 0 Å². The number of halogens is 1. The highest BCUT2D eigenvalue weighted by molar-refractivity contribution is 9.10. The molecule has 0 aliphatic carbocycles. The number of nitrogens with two attached hydrogens (primary N) is 1. The van der Waals surface area contributed by atoms with Crippen molar-refractivity contribution >= 4 is 32.8 Å². The van der Waals surface area contributed by atoms with Gasteiger partial charge in [0, 0.05) is 10.5 Å². The van der Waals surface area contributed by atoms with Crippen LogP contribution in [0.1, 0.15) is 10.6 Å². The van der Waals surface area contributed by atoms with Gasteiger partial charge in [0.1, 0.15) is 5.58 Å². The molecule has 0 atom stereocenters. The Morgan fingerprint density at radius 2 is 2.07 bits per heavy atom. The standard InChI is InChI=1S/C10H6BrNO3/c11-5-1-2-6-7(13)4-9(10(12)14)15-8(6)3-5/h1-4H,(H2,12,14). The van der Waals surface area contributed by atoms with E-state index in [2.05, 4.69) is 15.9 Å². The second-order valence-electron chi connectivity index (χ2n) is 2.98. The van der Waals surface area contributed by atoms with E-state index >= 15 is 0 Å². The van der Waals surface area contributed by atoms with Gasteiger partial charge in [-0.05, 0) is 18.2 Å². The summed E-state index contributed by atoms with van der Waals surface area (Å²) in [4.78, 5) is 22.4. The van der Waals surface area contributed by atoms with Gasteiger partial charge >= 0.3 is 0 Å². The number of fused-ring (bicyclic) bond motifs is 1. The van der Waals surface area contributed by atoms with Crippen molar-refractivity contribution in [2.24, 2.45) is 5.73 Å². The van der Waals surface area contributed by atoms with Crippen molar-refractivity contribution in [2.45, 2.75) is 0 Å². The summed E-state index contributed by atoms with van der Waals surface area (Å²) in [6.07, 6.45) is 0. The second-order valence-corrected chi connectivity index (χ2v) is 3.90. The van der Waals surface area contributed by atoms with Crippen molar-refractivity contribution in [1.29, 1.82) is 0 Å². The van der Waals surface area contributed by atoms with Crippen LogP contribution in [0.15, 0.2) is 37.9 Å². The maximum atomic E-state index is 11.5. The highest BCUT2D eigenvalue weighted by atomic mass is 79.9. The molecule has 2 aromatic rings. The summed E-state index contributed by atoms with van der Waals surface area (Å²) < 4.78 is 5.94. The number of carbonyl (C=O) groups excluding carboxylic acids is 1. The van der Waals surface area contributed by atoms with Crippen LogP contribution in [0.25, 0.3) is 11.0 Å². The number of benzene rings is 1. The molecule has 76 valence electrons. The molecular weight excluding hydrogens is 262 g/mol. The molecule has 5 heteroatoms. The molecule has 0 radical (unpaired) electrons. The average molecular weight is 268 g/mol. The summed E-state index contributed by atoms with van der Waals surface area (Å²) in [6, 6.07) is 6.06. The summed E-state index contributed by atoms with van der Waals surface area (Å²) in [6.45, 7) is 0. The Labute approximate surface area is 92.8 Å². The first-order valence-electron chi connectivity index (χ1n) is 4.11. The van der Waals surface area contributed by atoms with Gasteiger partial charge in [-0.15, -0.1) is 0 Å². The lowest BCUT2D eigenvalue weighted by molar-refractivity contribution is 0.0974. The summed E-state index contributed by atoms with van der Waals surface area (Å²) in [5.41, 5.74) is 5.09. The van der Waals surface area contributed by atoms with E-state index < -0.39 is 5.91 Å². The van der Waals surface area contributed by atoms with E-state index in [-0.39, 0.29) is 11.2 Å². The largest absolute Gasteiger partial charge is 0.451 e. The number of carbonyl (C=O) groups is 1. The number of rotatable bonds is 1. The molecule has 0 saturated heterocycles. The third-order valence-corrected chi connectivity index (χ3v) is 2.43. The summed E-state index contributed by atoms with van der Waals surface area (Å²) in [5.74, 6) is -0.889. The lowest BCUT2D eigenvalue weighted by Gasteiger charge is -1.99. The molecule has 1 amide bonds. The third kappa shape index (κ3) is 1.78. The maximum absolute atomic E-state index is 11.5. The number of hydrogen-bond acceptors (Lipinski definition) is 3. The first kappa shape index (κ1) is 9.92. The first-order valence-corrected chi connectivity index (χ1v) is 4.90. The van der Waals surface area contributed by atoms with Gasteiger partial charge in [-0.2, -0.15) is 0 Å². The van der Waals surface area contributed by atoms with Gasteiger partial charge < -0.3 is 10.2 Å². The first-order chi connectivity index (χ1) is 7.08. The quantitative estimate of drug-likeness (QED) is 0.854. The molecule has 0 bridgehead atoms. The zero-order chi connectivity index (χ0) is 11.0. The summed E-state index contributed by atoms with van der Waals surface area (Å²) >= 11 is 3.24. The van der Waals surface area contributed by atoms with E-state index in [9.17, 15) is 9.59 Å². The zero-order valence-electron chi connectivity index (χ0n) is 7.49. The predicted molar refractivity (Wildman–Crippen MR) is 58.7 cm³/mol. The number of hydrogen-bond donors (Lipinski definition) is 1. The topological polar surface area (TPSA) is 73.3 Å². The van der Waals surface area contributed by atoms with Crippen molar-refractivity contribution < 1.29 is 9.21 Å². The molecule has 1 heterocycles. The van der Waals surface area contributed by atoms with Crippen LogP contribution in [0, 0.1) is 0 Å². The van der Waals surface area contributed by atoms with Crippen molar-refractivity contribution in [3.8, 4) is 0 Å². The smallest absolute Gasteiger partial charge is 0.284 e. The van der Waals surface area contributed by atoms with Crippen LogP contribution in [-0.4, -0.2) is 5.91 Å². The monoisotopic (exact) mass is 267 g/mol.